The molecule has 0 spiro atoms. The first-order valence-corrected chi connectivity index (χ1v) is 9.71. The lowest BCUT2D eigenvalue weighted by molar-refractivity contribution is 0.521. The highest BCUT2D eigenvalue weighted by molar-refractivity contribution is 7.89. The highest BCUT2D eigenvalue weighted by atomic mass is 32.2. The third kappa shape index (κ3) is 3.27. The Morgan fingerprint density at radius 3 is 2.27 bits per heavy atom. The van der Waals surface area contributed by atoms with Crippen molar-refractivity contribution in [3.05, 3.63) is 58.4 Å². The van der Waals surface area contributed by atoms with Crippen LogP contribution in [0.25, 0.3) is 22.3 Å². The van der Waals surface area contributed by atoms with Gasteiger partial charge in [-0.3, -0.25) is 4.79 Å². The standard InChI is InChI=1S/C19H21N3O3S/c1-12(2)14-7-10-17-16(11-14)19(23)21-18(20-17)13-5-8-15(9-6-13)26(24,25)22(3)4/h5-12H,1-4H3,(H,20,21,23). The number of rotatable bonds is 4. The molecule has 6 nitrogen and oxygen atoms in total. The van der Waals surface area contributed by atoms with Crippen molar-refractivity contribution >= 4 is 20.9 Å². The zero-order valence-corrected chi connectivity index (χ0v) is 16.0. The Kier molecular flexibility index (Phi) is 4.68. The first-order valence-electron chi connectivity index (χ1n) is 8.27. The van der Waals surface area contributed by atoms with Gasteiger partial charge in [0, 0.05) is 19.7 Å². The second-order valence-corrected chi connectivity index (χ2v) is 8.81. The molecule has 0 aliphatic heterocycles. The highest BCUT2D eigenvalue weighted by Crippen LogP contribution is 2.22. The van der Waals surface area contributed by atoms with Gasteiger partial charge in [-0.2, -0.15) is 0 Å². The fourth-order valence-corrected chi connectivity index (χ4v) is 3.55. The minimum atomic E-state index is -3.49. The Hall–Kier alpha value is -2.51. The van der Waals surface area contributed by atoms with Crippen molar-refractivity contribution in [2.75, 3.05) is 14.1 Å². The maximum atomic E-state index is 12.5. The van der Waals surface area contributed by atoms with Gasteiger partial charge in [0.05, 0.1) is 15.8 Å². The molecule has 1 heterocycles. The third-order valence-corrected chi connectivity index (χ3v) is 6.13. The largest absolute Gasteiger partial charge is 0.306 e. The van der Waals surface area contributed by atoms with E-state index in [0.29, 0.717) is 28.2 Å². The van der Waals surface area contributed by atoms with Crippen molar-refractivity contribution in [1.29, 1.82) is 0 Å². The topological polar surface area (TPSA) is 83.1 Å². The molecule has 0 saturated carbocycles. The number of H-pyrrole nitrogens is 1. The van der Waals surface area contributed by atoms with Crippen LogP contribution >= 0.6 is 0 Å². The lowest BCUT2D eigenvalue weighted by Crippen LogP contribution is -2.22. The summed E-state index contributed by atoms with van der Waals surface area (Å²) in [5.41, 5.74) is 2.13. The molecular weight excluding hydrogens is 350 g/mol. The predicted molar refractivity (Wildman–Crippen MR) is 103 cm³/mol. The van der Waals surface area contributed by atoms with Crippen molar-refractivity contribution in [2.24, 2.45) is 0 Å². The minimum absolute atomic E-state index is 0.191. The van der Waals surface area contributed by atoms with Crippen molar-refractivity contribution < 1.29 is 8.42 Å². The van der Waals surface area contributed by atoms with Crippen LogP contribution in [0, 0.1) is 0 Å². The van der Waals surface area contributed by atoms with E-state index in [2.05, 4.69) is 23.8 Å². The smallest absolute Gasteiger partial charge is 0.259 e. The zero-order chi connectivity index (χ0) is 19.1. The van der Waals surface area contributed by atoms with Gasteiger partial charge in [0.15, 0.2) is 0 Å². The maximum Gasteiger partial charge on any atom is 0.259 e. The number of nitrogens with zero attached hydrogens (tertiary/aromatic N) is 2. The number of nitrogens with one attached hydrogen (secondary N) is 1. The van der Waals surface area contributed by atoms with Crippen LogP contribution < -0.4 is 5.56 Å². The van der Waals surface area contributed by atoms with Crippen LogP contribution in [0.3, 0.4) is 0 Å². The van der Waals surface area contributed by atoms with Gasteiger partial charge in [0.25, 0.3) is 5.56 Å². The number of hydrogen-bond acceptors (Lipinski definition) is 4. The second-order valence-electron chi connectivity index (χ2n) is 6.66. The van der Waals surface area contributed by atoms with Gasteiger partial charge in [-0.25, -0.2) is 17.7 Å². The van der Waals surface area contributed by atoms with E-state index in [4.69, 9.17) is 0 Å². The molecule has 1 aromatic heterocycles. The summed E-state index contributed by atoms with van der Waals surface area (Å²) in [6.07, 6.45) is 0. The van der Waals surface area contributed by atoms with E-state index in [1.54, 1.807) is 12.1 Å². The highest BCUT2D eigenvalue weighted by Gasteiger charge is 2.17. The van der Waals surface area contributed by atoms with Gasteiger partial charge in [-0.05, 0) is 47.9 Å². The number of aromatic nitrogens is 2. The molecule has 1 N–H and O–H groups in total. The van der Waals surface area contributed by atoms with Gasteiger partial charge in [-0.1, -0.05) is 19.9 Å². The molecule has 0 atom stereocenters. The molecule has 0 aliphatic carbocycles. The molecule has 26 heavy (non-hydrogen) atoms. The molecule has 0 unspecified atom stereocenters. The Balaban J connectivity index is 2.06. The lowest BCUT2D eigenvalue weighted by Gasteiger charge is -2.11. The summed E-state index contributed by atoms with van der Waals surface area (Å²) in [5.74, 6) is 0.735. The van der Waals surface area contributed by atoms with Gasteiger partial charge in [-0.15, -0.1) is 0 Å². The van der Waals surface area contributed by atoms with Gasteiger partial charge in [0.1, 0.15) is 5.82 Å². The molecule has 136 valence electrons. The number of benzene rings is 2. The van der Waals surface area contributed by atoms with Crippen molar-refractivity contribution in [2.45, 2.75) is 24.7 Å². The summed E-state index contributed by atoms with van der Waals surface area (Å²) in [5, 5.41) is 0.548. The van der Waals surface area contributed by atoms with Crippen molar-refractivity contribution in [3.8, 4) is 11.4 Å². The summed E-state index contributed by atoms with van der Waals surface area (Å²) in [6, 6.07) is 12.0. The first kappa shape index (κ1) is 18.3. The van der Waals surface area contributed by atoms with E-state index < -0.39 is 10.0 Å². The van der Waals surface area contributed by atoms with E-state index in [1.165, 1.54) is 26.2 Å². The molecule has 7 heteroatoms. The van der Waals surface area contributed by atoms with Crippen LogP contribution in [-0.2, 0) is 10.0 Å². The molecule has 3 aromatic rings. The maximum absolute atomic E-state index is 12.5. The Morgan fingerprint density at radius 1 is 1.04 bits per heavy atom. The van der Waals surface area contributed by atoms with Crippen LogP contribution in [-0.4, -0.2) is 36.8 Å². The van der Waals surface area contributed by atoms with Crippen LogP contribution in [0.1, 0.15) is 25.3 Å². The van der Waals surface area contributed by atoms with Crippen LogP contribution in [0.15, 0.2) is 52.2 Å². The molecule has 0 saturated heterocycles. The van der Waals surface area contributed by atoms with Crippen LogP contribution in [0.2, 0.25) is 0 Å². The van der Waals surface area contributed by atoms with E-state index in [1.807, 2.05) is 18.2 Å². The summed E-state index contributed by atoms with van der Waals surface area (Å²) >= 11 is 0. The van der Waals surface area contributed by atoms with E-state index in [0.717, 1.165) is 9.87 Å². The Labute approximate surface area is 152 Å². The van der Waals surface area contributed by atoms with Crippen LogP contribution in [0.5, 0.6) is 0 Å². The molecule has 0 fully saturated rings. The van der Waals surface area contributed by atoms with Crippen molar-refractivity contribution in [3.63, 3.8) is 0 Å². The molecular formula is C19H21N3O3S. The van der Waals surface area contributed by atoms with Crippen LogP contribution in [0.4, 0.5) is 0 Å². The fraction of sp³-hybridized carbons (Fsp3) is 0.263. The van der Waals surface area contributed by atoms with E-state index >= 15 is 0 Å². The monoisotopic (exact) mass is 371 g/mol. The summed E-state index contributed by atoms with van der Waals surface area (Å²) in [4.78, 5) is 20.0. The molecule has 2 aromatic carbocycles. The third-order valence-electron chi connectivity index (χ3n) is 4.30. The molecule has 3 rings (SSSR count). The summed E-state index contributed by atoms with van der Waals surface area (Å²) < 4.78 is 25.5. The SMILES string of the molecule is CC(C)c1ccc2nc(-c3ccc(S(=O)(=O)N(C)C)cc3)[nH]c(=O)c2c1. The minimum Gasteiger partial charge on any atom is -0.306 e. The Bertz CT molecular complexity index is 1110. The van der Waals surface area contributed by atoms with Gasteiger partial charge >= 0.3 is 0 Å². The normalized spacial score (nSPS) is 12.2. The average Bonchev–Trinajstić information content (AvgIpc) is 2.61. The van der Waals surface area contributed by atoms with Gasteiger partial charge < -0.3 is 4.98 Å². The number of hydrogen-bond donors (Lipinski definition) is 1. The van der Waals surface area contributed by atoms with Crippen molar-refractivity contribution in [1.82, 2.24) is 14.3 Å². The average molecular weight is 371 g/mol. The molecule has 0 bridgehead atoms. The second kappa shape index (κ2) is 6.66. The molecule has 0 aliphatic rings. The number of aromatic amines is 1. The van der Waals surface area contributed by atoms with E-state index in [-0.39, 0.29) is 10.5 Å². The summed E-state index contributed by atoms with van der Waals surface area (Å²) in [7, 11) is -0.524. The number of sulfonamides is 1. The summed E-state index contributed by atoms with van der Waals surface area (Å²) in [6.45, 7) is 4.14. The first-order chi connectivity index (χ1) is 12.2. The predicted octanol–water partition coefficient (Wildman–Crippen LogP) is 2.96. The van der Waals surface area contributed by atoms with E-state index in [9.17, 15) is 13.2 Å². The molecule has 0 radical (unpaired) electrons. The quantitative estimate of drug-likeness (QED) is 0.764. The molecule has 0 amide bonds. The lowest BCUT2D eigenvalue weighted by atomic mass is 10.0. The van der Waals surface area contributed by atoms with Gasteiger partial charge in [0.2, 0.25) is 10.0 Å². The Morgan fingerprint density at radius 2 is 1.69 bits per heavy atom. The fourth-order valence-electron chi connectivity index (χ4n) is 2.65. The zero-order valence-electron chi connectivity index (χ0n) is 15.1. The number of fused-ring (bicyclic) bond motifs is 1.